The molecule has 7 nitrogen and oxygen atoms in total. The number of aryl methyl sites for hydroxylation is 1. The molecule has 1 aliphatic rings. The van der Waals surface area contributed by atoms with Gasteiger partial charge >= 0.3 is 11.9 Å². The van der Waals surface area contributed by atoms with Gasteiger partial charge in [-0.2, -0.15) is 18.3 Å². The molecular weight excluding hydrogens is 495 g/mol. The molecule has 0 radical (unpaired) electrons. The number of hydrogen-bond donors (Lipinski definition) is 0. The topological polar surface area (TPSA) is 63.4 Å². The highest BCUT2D eigenvalue weighted by Gasteiger charge is 2.31. The summed E-state index contributed by atoms with van der Waals surface area (Å²) < 4.78 is 41.4. The molecule has 0 N–H and O–H groups in total. The maximum Gasteiger partial charge on any atom is 0.416 e. The Balaban J connectivity index is 0.00000361. The summed E-state index contributed by atoms with van der Waals surface area (Å²) in [5, 5.41) is 4.33. The molecular formula is C25H29ClF3N5O2. The number of nitrogens with zero attached hydrogens (tertiary/aromatic N) is 5. The first-order chi connectivity index (χ1) is 16.7. The van der Waals surface area contributed by atoms with Crippen LogP contribution in [0.4, 0.5) is 18.9 Å². The molecule has 2 aromatic carbocycles. The van der Waals surface area contributed by atoms with E-state index >= 15 is 0 Å². The molecule has 0 spiro atoms. The Bertz CT molecular complexity index is 1270. The Labute approximate surface area is 213 Å². The lowest BCUT2D eigenvalue weighted by molar-refractivity contribution is -0.137. The van der Waals surface area contributed by atoms with E-state index in [0.717, 1.165) is 36.7 Å². The monoisotopic (exact) mass is 523 g/mol. The van der Waals surface area contributed by atoms with Crippen LogP contribution in [0.5, 0.6) is 0 Å². The normalized spacial score (nSPS) is 14.5. The highest BCUT2D eigenvalue weighted by molar-refractivity contribution is 5.85. The van der Waals surface area contributed by atoms with Gasteiger partial charge in [0.2, 0.25) is 0 Å². The maximum atomic E-state index is 13.0. The predicted molar refractivity (Wildman–Crippen MR) is 136 cm³/mol. The molecule has 0 atom stereocenters. The molecule has 0 amide bonds. The summed E-state index contributed by atoms with van der Waals surface area (Å²) in [6.07, 6.45) is -2.80. The molecule has 11 heteroatoms. The van der Waals surface area contributed by atoms with Crippen LogP contribution in [-0.4, -0.2) is 52.0 Å². The number of anilines is 1. The summed E-state index contributed by atoms with van der Waals surface area (Å²) in [6.45, 7) is 4.05. The van der Waals surface area contributed by atoms with Crippen molar-refractivity contribution in [3.05, 3.63) is 81.0 Å². The Morgan fingerprint density at radius 2 is 1.56 bits per heavy atom. The largest absolute Gasteiger partial charge is 0.416 e. The van der Waals surface area contributed by atoms with E-state index in [-0.39, 0.29) is 18.1 Å². The van der Waals surface area contributed by atoms with Crippen molar-refractivity contribution in [2.24, 2.45) is 7.05 Å². The van der Waals surface area contributed by atoms with Crippen LogP contribution in [0.25, 0.3) is 11.3 Å². The Kier molecular flexibility index (Phi) is 8.97. The van der Waals surface area contributed by atoms with Crippen LogP contribution >= 0.6 is 12.4 Å². The van der Waals surface area contributed by atoms with Gasteiger partial charge in [0.1, 0.15) is 0 Å². The lowest BCUT2D eigenvalue weighted by Gasteiger charge is -2.36. The van der Waals surface area contributed by atoms with Gasteiger partial charge in [-0.3, -0.25) is 14.3 Å². The molecule has 1 aromatic heterocycles. The Hall–Kier alpha value is -3.11. The van der Waals surface area contributed by atoms with Crippen LogP contribution in [0.2, 0.25) is 0 Å². The van der Waals surface area contributed by atoms with Crippen LogP contribution in [0.15, 0.2) is 64.2 Å². The minimum absolute atomic E-state index is 0. The quantitative estimate of drug-likeness (QED) is 0.442. The highest BCUT2D eigenvalue weighted by Crippen LogP contribution is 2.31. The van der Waals surface area contributed by atoms with Crippen LogP contribution < -0.4 is 16.1 Å². The number of hydrogen-bond acceptors (Lipinski definition) is 5. The smallest absolute Gasteiger partial charge is 0.369 e. The van der Waals surface area contributed by atoms with Crippen molar-refractivity contribution in [3.8, 4) is 11.3 Å². The second-order valence-electron chi connectivity index (χ2n) is 8.67. The zero-order chi connectivity index (χ0) is 25.0. The summed E-state index contributed by atoms with van der Waals surface area (Å²) in [7, 11) is 1.46. The predicted octanol–water partition coefficient (Wildman–Crippen LogP) is 3.65. The van der Waals surface area contributed by atoms with Gasteiger partial charge < -0.3 is 4.90 Å². The van der Waals surface area contributed by atoms with Crippen LogP contribution in [0.3, 0.4) is 0 Å². The zero-order valence-electron chi connectivity index (χ0n) is 19.9. The van der Waals surface area contributed by atoms with E-state index in [4.69, 9.17) is 0 Å². The summed E-state index contributed by atoms with van der Waals surface area (Å²) in [4.78, 5) is 29.3. The van der Waals surface area contributed by atoms with Gasteiger partial charge in [0, 0.05) is 51.0 Å². The molecule has 4 rings (SSSR count). The van der Waals surface area contributed by atoms with Gasteiger partial charge in [0.15, 0.2) is 5.69 Å². The number of rotatable bonds is 7. The molecule has 0 saturated carbocycles. The number of halogens is 4. The van der Waals surface area contributed by atoms with Crippen molar-refractivity contribution in [2.75, 3.05) is 37.6 Å². The number of aromatic nitrogens is 3. The first kappa shape index (κ1) is 27.5. The molecule has 36 heavy (non-hydrogen) atoms. The fraction of sp³-hybridized carbons (Fsp3) is 0.400. The lowest BCUT2D eigenvalue weighted by atomic mass is 10.1. The standard InChI is InChI=1S/C25H28F3N5O2.ClH/c1-30-23(34)22(19-8-3-2-4-9-19)29-33(24(30)35)13-6-5-12-31-14-16-32(17-15-31)21-11-7-10-20(18-21)25(26,27)28;/h2-4,7-11,18H,5-6,12-17H2,1H3;1H. The fourth-order valence-corrected chi connectivity index (χ4v) is 4.25. The summed E-state index contributed by atoms with van der Waals surface area (Å²) in [6, 6.07) is 14.5. The molecule has 0 aliphatic carbocycles. The van der Waals surface area contributed by atoms with E-state index in [0.29, 0.717) is 37.3 Å². The van der Waals surface area contributed by atoms with E-state index in [2.05, 4.69) is 10.00 Å². The number of alkyl halides is 3. The van der Waals surface area contributed by atoms with E-state index < -0.39 is 23.0 Å². The van der Waals surface area contributed by atoms with E-state index in [1.807, 2.05) is 23.1 Å². The second-order valence-corrected chi connectivity index (χ2v) is 8.67. The highest BCUT2D eigenvalue weighted by atomic mass is 35.5. The second kappa shape index (κ2) is 11.7. The molecule has 0 unspecified atom stereocenters. The first-order valence-electron chi connectivity index (χ1n) is 11.6. The maximum absolute atomic E-state index is 13.0. The third kappa shape index (κ3) is 6.36. The number of piperazine rings is 1. The molecule has 194 valence electrons. The summed E-state index contributed by atoms with van der Waals surface area (Å²) >= 11 is 0. The SMILES string of the molecule is Cl.Cn1c(=O)c(-c2ccccc2)nn(CCCCN2CCN(c3cccc(C(F)(F)F)c3)CC2)c1=O. The van der Waals surface area contributed by atoms with Crippen molar-refractivity contribution in [2.45, 2.75) is 25.6 Å². The van der Waals surface area contributed by atoms with Crippen molar-refractivity contribution in [3.63, 3.8) is 0 Å². The van der Waals surface area contributed by atoms with Crippen molar-refractivity contribution >= 4 is 18.1 Å². The molecule has 3 aromatic rings. The molecule has 1 aliphatic heterocycles. The fourth-order valence-electron chi connectivity index (χ4n) is 4.25. The van der Waals surface area contributed by atoms with Crippen molar-refractivity contribution in [1.29, 1.82) is 0 Å². The number of unbranched alkanes of at least 4 members (excludes halogenated alkanes) is 1. The Morgan fingerprint density at radius 1 is 0.889 bits per heavy atom. The van der Waals surface area contributed by atoms with Crippen LogP contribution in [-0.2, 0) is 19.8 Å². The van der Waals surface area contributed by atoms with Gasteiger partial charge in [-0.25, -0.2) is 9.48 Å². The molecule has 0 bridgehead atoms. The van der Waals surface area contributed by atoms with Crippen molar-refractivity contribution < 1.29 is 13.2 Å². The van der Waals surface area contributed by atoms with E-state index in [9.17, 15) is 22.8 Å². The minimum Gasteiger partial charge on any atom is -0.369 e. The molecule has 1 fully saturated rings. The average molecular weight is 524 g/mol. The zero-order valence-corrected chi connectivity index (χ0v) is 20.8. The van der Waals surface area contributed by atoms with Gasteiger partial charge in [0.05, 0.1) is 5.56 Å². The van der Waals surface area contributed by atoms with Gasteiger partial charge in [0.25, 0.3) is 5.56 Å². The summed E-state index contributed by atoms with van der Waals surface area (Å²) in [5.74, 6) is 0. The third-order valence-electron chi connectivity index (χ3n) is 6.29. The Morgan fingerprint density at radius 3 is 2.22 bits per heavy atom. The van der Waals surface area contributed by atoms with Crippen LogP contribution in [0, 0.1) is 0 Å². The van der Waals surface area contributed by atoms with Gasteiger partial charge in [-0.05, 0) is 37.6 Å². The van der Waals surface area contributed by atoms with E-state index in [1.165, 1.54) is 23.9 Å². The van der Waals surface area contributed by atoms with E-state index in [1.54, 1.807) is 18.2 Å². The lowest BCUT2D eigenvalue weighted by Crippen LogP contribution is -2.46. The van der Waals surface area contributed by atoms with Gasteiger partial charge in [-0.1, -0.05) is 36.4 Å². The molecule has 1 saturated heterocycles. The molecule has 2 heterocycles. The number of benzene rings is 2. The third-order valence-corrected chi connectivity index (χ3v) is 6.29. The average Bonchev–Trinajstić information content (AvgIpc) is 2.87. The van der Waals surface area contributed by atoms with Gasteiger partial charge in [-0.15, -0.1) is 12.4 Å². The first-order valence-corrected chi connectivity index (χ1v) is 11.6. The minimum atomic E-state index is -4.35. The summed E-state index contributed by atoms with van der Waals surface area (Å²) in [5.41, 5.74) is 0.0170. The van der Waals surface area contributed by atoms with Crippen molar-refractivity contribution in [1.82, 2.24) is 19.2 Å². The van der Waals surface area contributed by atoms with Crippen LogP contribution in [0.1, 0.15) is 18.4 Å².